The van der Waals surface area contributed by atoms with Crippen LogP contribution in [-0.2, 0) is 11.3 Å². The summed E-state index contributed by atoms with van der Waals surface area (Å²) in [5, 5.41) is 18.7. The summed E-state index contributed by atoms with van der Waals surface area (Å²) in [6.07, 6.45) is 6.76. The molecule has 1 fully saturated rings. The van der Waals surface area contributed by atoms with Crippen molar-refractivity contribution in [1.29, 1.82) is 0 Å². The fraction of sp³-hybridized carbons (Fsp3) is 0.471. The van der Waals surface area contributed by atoms with Gasteiger partial charge < -0.3 is 10.2 Å². The molecule has 0 spiro atoms. The average molecular weight is 289 g/mol. The van der Waals surface area contributed by atoms with Gasteiger partial charge in [0, 0.05) is 18.7 Å². The molecule has 0 aliphatic heterocycles. The van der Waals surface area contributed by atoms with Crippen molar-refractivity contribution in [2.75, 3.05) is 7.05 Å². The van der Waals surface area contributed by atoms with Crippen LogP contribution in [0.4, 0.5) is 0 Å². The van der Waals surface area contributed by atoms with Crippen LogP contribution in [0.5, 0.6) is 0 Å². The largest absolute Gasteiger partial charge is 0.478 e. The van der Waals surface area contributed by atoms with E-state index in [4.69, 9.17) is 5.11 Å². The van der Waals surface area contributed by atoms with E-state index in [9.17, 15) is 9.90 Å². The van der Waals surface area contributed by atoms with Crippen molar-refractivity contribution < 1.29 is 15.0 Å². The zero-order chi connectivity index (χ0) is 15.2. The number of carbonyl (C=O) groups is 1. The first-order valence-corrected chi connectivity index (χ1v) is 7.44. The third kappa shape index (κ3) is 4.69. The van der Waals surface area contributed by atoms with E-state index in [1.165, 1.54) is 12.0 Å². The van der Waals surface area contributed by atoms with E-state index >= 15 is 0 Å². The number of aliphatic hydroxyl groups excluding tert-OH is 1. The molecule has 2 N–H and O–H groups in total. The second-order valence-electron chi connectivity index (χ2n) is 5.75. The lowest BCUT2D eigenvalue weighted by atomic mass is 9.91. The van der Waals surface area contributed by atoms with Gasteiger partial charge in [-0.1, -0.05) is 37.1 Å². The summed E-state index contributed by atoms with van der Waals surface area (Å²) in [5.41, 5.74) is 2.05. The van der Waals surface area contributed by atoms with Crippen LogP contribution in [0.3, 0.4) is 0 Å². The predicted molar refractivity (Wildman–Crippen MR) is 82.8 cm³/mol. The quantitative estimate of drug-likeness (QED) is 0.818. The van der Waals surface area contributed by atoms with Gasteiger partial charge in [-0.25, -0.2) is 4.79 Å². The van der Waals surface area contributed by atoms with Crippen molar-refractivity contribution >= 4 is 12.0 Å². The number of hydrogen-bond acceptors (Lipinski definition) is 3. The molecule has 4 nitrogen and oxygen atoms in total. The molecule has 0 radical (unpaired) electrons. The van der Waals surface area contributed by atoms with E-state index in [1.807, 2.05) is 24.3 Å². The van der Waals surface area contributed by atoms with E-state index in [1.54, 1.807) is 6.08 Å². The van der Waals surface area contributed by atoms with Crippen molar-refractivity contribution in [3.8, 4) is 0 Å². The third-order valence-corrected chi connectivity index (χ3v) is 4.09. The van der Waals surface area contributed by atoms with Crippen LogP contribution in [0.15, 0.2) is 30.3 Å². The Morgan fingerprint density at radius 2 is 1.95 bits per heavy atom. The van der Waals surface area contributed by atoms with Gasteiger partial charge in [0.2, 0.25) is 0 Å². The van der Waals surface area contributed by atoms with Gasteiger partial charge in [-0.2, -0.15) is 0 Å². The topological polar surface area (TPSA) is 60.8 Å². The molecule has 0 saturated heterocycles. The monoisotopic (exact) mass is 289 g/mol. The van der Waals surface area contributed by atoms with E-state index in [0.29, 0.717) is 0 Å². The zero-order valence-corrected chi connectivity index (χ0v) is 12.4. The molecule has 1 aliphatic rings. The Kier molecular flexibility index (Phi) is 5.53. The molecule has 4 heteroatoms. The lowest BCUT2D eigenvalue weighted by molar-refractivity contribution is -0.131. The van der Waals surface area contributed by atoms with Gasteiger partial charge in [0.05, 0.1) is 6.10 Å². The predicted octanol–water partition coefficient (Wildman–Crippen LogP) is 2.52. The highest BCUT2D eigenvalue weighted by atomic mass is 16.4. The fourth-order valence-electron chi connectivity index (χ4n) is 2.91. The molecule has 1 aromatic rings. The molecule has 2 atom stereocenters. The lowest BCUT2D eigenvalue weighted by Crippen LogP contribution is -2.42. The lowest BCUT2D eigenvalue weighted by Gasteiger charge is -2.35. The Labute approximate surface area is 125 Å². The van der Waals surface area contributed by atoms with Crippen LogP contribution < -0.4 is 0 Å². The fourth-order valence-corrected chi connectivity index (χ4v) is 2.91. The first-order valence-electron chi connectivity index (χ1n) is 7.44. The molecule has 0 bridgehead atoms. The average Bonchev–Trinajstić information content (AvgIpc) is 2.47. The number of aliphatic carboxylic acids is 1. The summed E-state index contributed by atoms with van der Waals surface area (Å²) in [5.74, 6) is -0.940. The number of benzene rings is 1. The molecule has 0 heterocycles. The van der Waals surface area contributed by atoms with Gasteiger partial charge >= 0.3 is 5.97 Å². The number of carboxylic acid groups (broad SMARTS) is 1. The van der Waals surface area contributed by atoms with Gasteiger partial charge in [-0.3, -0.25) is 4.90 Å². The van der Waals surface area contributed by atoms with Crippen molar-refractivity contribution in [1.82, 2.24) is 4.90 Å². The van der Waals surface area contributed by atoms with Gasteiger partial charge in [0.1, 0.15) is 0 Å². The normalized spacial score (nSPS) is 22.8. The number of nitrogens with zero attached hydrogens (tertiary/aromatic N) is 1. The zero-order valence-electron chi connectivity index (χ0n) is 12.4. The Morgan fingerprint density at radius 1 is 1.29 bits per heavy atom. The summed E-state index contributed by atoms with van der Waals surface area (Å²) in [6.45, 7) is 0.796. The third-order valence-electron chi connectivity index (χ3n) is 4.09. The number of rotatable bonds is 5. The van der Waals surface area contributed by atoms with Gasteiger partial charge in [0.15, 0.2) is 0 Å². The van der Waals surface area contributed by atoms with E-state index in [0.717, 1.165) is 37.4 Å². The minimum absolute atomic E-state index is 0.221. The van der Waals surface area contributed by atoms with Crippen LogP contribution in [-0.4, -0.2) is 40.3 Å². The smallest absolute Gasteiger partial charge is 0.328 e. The minimum Gasteiger partial charge on any atom is -0.478 e. The Morgan fingerprint density at radius 3 is 2.57 bits per heavy atom. The Balaban J connectivity index is 1.94. The van der Waals surface area contributed by atoms with Crippen LogP contribution in [0.25, 0.3) is 6.08 Å². The number of aliphatic hydroxyl groups is 1. The molecule has 114 valence electrons. The van der Waals surface area contributed by atoms with Crippen molar-refractivity contribution in [3.05, 3.63) is 41.5 Å². The second-order valence-corrected chi connectivity index (χ2v) is 5.75. The maximum atomic E-state index is 10.5. The molecule has 0 aromatic heterocycles. The SMILES string of the molecule is CN(Cc1ccc(/C=C/C(=O)O)cc1)C1CCCCC1O. The highest BCUT2D eigenvalue weighted by Crippen LogP contribution is 2.23. The van der Waals surface area contributed by atoms with Crippen molar-refractivity contribution in [3.63, 3.8) is 0 Å². The van der Waals surface area contributed by atoms with Crippen LogP contribution in [0.1, 0.15) is 36.8 Å². The summed E-state index contributed by atoms with van der Waals surface area (Å²) in [6, 6.07) is 8.09. The molecule has 1 aliphatic carbocycles. The van der Waals surface area contributed by atoms with E-state index < -0.39 is 5.97 Å². The number of likely N-dealkylation sites (N-methyl/N-ethyl adjacent to an activating group) is 1. The number of hydrogen-bond donors (Lipinski definition) is 2. The molecule has 0 amide bonds. The maximum Gasteiger partial charge on any atom is 0.328 e. The Bertz CT molecular complexity index is 495. The summed E-state index contributed by atoms with van der Waals surface area (Å²) >= 11 is 0. The summed E-state index contributed by atoms with van der Waals surface area (Å²) in [4.78, 5) is 12.7. The maximum absolute atomic E-state index is 10.5. The molecular formula is C17H23NO3. The standard InChI is InChI=1S/C17H23NO3/c1-18(15-4-2-3-5-16(15)19)12-14-8-6-13(7-9-14)10-11-17(20)21/h6-11,15-16,19H,2-5,12H2,1H3,(H,20,21)/b11-10+. The first kappa shape index (κ1) is 15.7. The molecular weight excluding hydrogens is 266 g/mol. The first-order chi connectivity index (χ1) is 10.1. The Hall–Kier alpha value is -1.65. The summed E-state index contributed by atoms with van der Waals surface area (Å²) in [7, 11) is 2.05. The van der Waals surface area contributed by atoms with Crippen LogP contribution >= 0.6 is 0 Å². The van der Waals surface area contributed by atoms with Gasteiger partial charge in [0.25, 0.3) is 0 Å². The highest BCUT2D eigenvalue weighted by Gasteiger charge is 2.26. The number of carboxylic acids is 1. The summed E-state index contributed by atoms with van der Waals surface area (Å²) < 4.78 is 0. The minimum atomic E-state index is -0.940. The van der Waals surface area contributed by atoms with Crippen LogP contribution in [0.2, 0.25) is 0 Å². The molecule has 1 saturated carbocycles. The van der Waals surface area contributed by atoms with Crippen molar-refractivity contribution in [2.45, 2.75) is 44.4 Å². The molecule has 2 unspecified atom stereocenters. The molecule has 21 heavy (non-hydrogen) atoms. The molecule has 1 aromatic carbocycles. The second kappa shape index (κ2) is 7.38. The van der Waals surface area contributed by atoms with E-state index in [2.05, 4.69) is 11.9 Å². The van der Waals surface area contributed by atoms with Gasteiger partial charge in [-0.05, 0) is 37.1 Å². The van der Waals surface area contributed by atoms with Gasteiger partial charge in [-0.15, -0.1) is 0 Å². The van der Waals surface area contributed by atoms with Crippen molar-refractivity contribution in [2.24, 2.45) is 0 Å². The van der Waals surface area contributed by atoms with Crippen LogP contribution in [0, 0.1) is 0 Å². The molecule has 2 rings (SSSR count). The van der Waals surface area contributed by atoms with E-state index in [-0.39, 0.29) is 12.1 Å². The highest BCUT2D eigenvalue weighted by molar-refractivity contribution is 5.85.